The Morgan fingerprint density at radius 2 is 2.36 bits per heavy atom. The van der Waals surface area contributed by atoms with Crippen LogP contribution in [0.1, 0.15) is 23.7 Å². The van der Waals surface area contributed by atoms with Gasteiger partial charge in [0.2, 0.25) is 0 Å². The first-order valence-corrected chi connectivity index (χ1v) is 5.15. The molecule has 1 aliphatic heterocycles. The lowest BCUT2D eigenvalue weighted by molar-refractivity contribution is 0.221. The molecule has 0 bridgehead atoms. The van der Waals surface area contributed by atoms with E-state index in [1.54, 1.807) is 0 Å². The maximum absolute atomic E-state index is 5.63. The van der Waals surface area contributed by atoms with Crippen LogP contribution in [0.5, 0.6) is 0 Å². The molecule has 0 radical (unpaired) electrons. The van der Waals surface area contributed by atoms with Gasteiger partial charge in [-0.3, -0.25) is 9.58 Å². The van der Waals surface area contributed by atoms with Crippen molar-refractivity contribution in [2.45, 2.75) is 18.9 Å². The molecule has 4 nitrogen and oxygen atoms in total. The number of fused-ring (bicyclic) bond motifs is 1. The van der Waals surface area contributed by atoms with E-state index in [9.17, 15) is 0 Å². The summed E-state index contributed by atoms with van der Waals surface area (Å²) >= 11 is 0. The Hall–Kier alpha value is -0.870. The smallest absolute Gasteiger partial charge is 0.0685 e. The van der Waals surface area contributed by atoms with Gasteiger partial charge < -0.3 is 5.73 Å². The second-order valence-corrected chi connectivity index (χ2v) is 4.03. The summed E-state index contributed by atoms with van der Waals surface area (Å²) in [4.78, 5) is 2.37. The van der Waals surface area contributed by atoms with Gasteiger partial charge >= 0.3 is 0 Å². The SMILES string of the molecule is CN1CCc2nn(C)cc2C1CCN. The molecule has 0 aromatic carbocycles. The van der Waals surface area contributed by atoms with Crippen LogP contribution >= 0.6 is 0 Å². The van der Waals surface area contributed by atoms with Crippen LogP contribution in [0.15, 0.2) is 6.20 Å². The van der Waals surface area contributed by atoms with E-state index < -0.39 is 0 Å². The molecule has 0 fully saturated rings. The summed E-state index contributed by atoms with van der Waals surface area (Å²) < 4.78 is 1.91. The van der Waals surface area contributed by atoms with Gasteiger partial charge in [-0.2, -0.15) is 5.10 Å². The quantitative estimate of drug-likeness (QED) is 0.736. The van der Waals surface area contributed by atoms with Gasteiger partial charge in [-0.15, -0.1) is 0 Å². The number of likely N-dealkylation sites (N-methyl/N-ethyl adjacent to an activating group) is 1. The van der Waals surface area contributed by atoms with Crippen molar-refractivity contribution < 1.29 is 0 Å². The Morgan fingerprint density at radius 1 is 1.57 bits per heavy atom. The molecule has 1 aliphatic rings. The third-order valence-electron chi connectivity index (χ3n) is 2.97. The average molecular weight is 194 g/mol. The maximum atomic E-state index is 5.63. The molecule has 0 aliphatic carbocycles. The highest BCUT2D eigenvalue weighted by molar-refractivity contribution is 5.24. The largest absolute Gasteiger partial charge is 0.330 e. The van der Waals surface area contributed by atoms with Gasteiger partial charge in [0.1, 0.15) is 0 Å². The molecule has 2 heterocycles. The molecule has 1 unspecified atom stereocenters. The molecule has 1 atom stereocenters. The van der Waals surface area contributed by atoms with E-state index in [0.29, 0.717) is 6.04 Å². The summed E-state index contributed by atoms with van der Waals surface area (Å²) in [7, 11) is 4.15. The van der Waals surface area contributed by atoms with E-state index in [2.05, 4.69) is 23.2 Å². The third-order valence-corrected chi connectivity index (χ3v) is 2.97. The van der Waals surface area contributed by atoms with Crippen molar-refractivity contribution in [1.82, 2.24) is 14.7 Å². The zero-order valence-electron chi connectivity index (χ0n) is 8.90. The van der Waals surface area contributed by atoms with E-state index in [0.717, 1.165) is 25.9 Å². The van der Waals surface area contributed by atoms with E-state index in [1.807, 2.05) is 11.7 Å². The molecule has 1 aromatic rings. The fourth-order valence-electron chi connectivity index (χ4n) is 2.23. The molecule has 0 saturated carbocycles. The number of hydrogen-bond acceptors (Lipinski definition) is 3. The summed E-state index contributed by atoms with van der Waals surface area (Å²) in [5.41, 5.74) is 8.25. The van der Waals surface area contributed by atoms with Gasteiger partial charge in [0, 0.05) is 37.8 Å². The van der Waals surface area contributed by atoms with Gasteiger partial charge in [0.25, 0.3) is 0 Å². The predicted octanol–water partition coefficient (Wildman–Crippen LogP) is 0.298. The molecule has 1 aromatic heterocycles. The van der Waals surface area contributed by atoms with Gasteiger partial charge in [0.15, 0.2) is 0 Å². The topological polar surface area (TPSA) is 47.1 Å². The number of nitrogens with zero attached hydrogens (tertiary/aromatic N) is 3. The molecule has 2 N–H and O–H groups in total. The van der Waals surface area contributed by atoms with Crippen LogP contribution in [0.2, 0.25) is 0 Å². The van der Waals surface area contributed by atoms with E-state index in [-0.39, 0.29) is 0 Å². The van der Waals surface area contributed by atoms with Crippen molar-refractivity contribution in [1.29, 1.82) is 0 Å². The highest BCUT2D eigenvalue weighted by atomic mass is 15.3. The summed E-state index contributed by atoms with van der Waals surface area (Å²) in [6.07, 6.45) is 4.22. The lowest BCUT2D eigenvalue weighted by atomic mass is 9.97. The van der Waals surface area contributed by atoms with Crippen LogP contribution in [0.4, 0.5) is 0 Å². The van der Waals surface area contributed by atoms with Crippen molar-refractivity contribution in [2.75, 3.05) is 20.1 Å². The fourth-order valence-corrected chi connectivity index (χ4v) is 2.23. The van der Waals surface area contributed by atoms with Crippen molar-refractivity contribution in [3.8, 4) is 0 Å². The van der Waals surface area contributed by atoms with Crippen LogP contribution in [0, 0.1) is 0 Å². The van der Waals surface area contributed by atoms with Gasteiger partial charge in [0.05, 0.1) is 5.69 Å². The lowest BCUT2D eigenvalue weighted by Crippen LogP contribution is -2.32. The number of rotatable bonds is 2. The highest BCUT2D eigenvalue weighted by Crippen LogP contribution is 2.29. The van der Waals surface area contributed by atoms with E-state index >= 15 is 0 Å². The first kappa shape index (κ1) is 9.68. The van der Waals surface area contributed by atoms with Gasteiger partial charge in [-0.25, -0.2) is 0 Å². The summed E-state index contributed by atoms with van der Waals surface area (Å²) in [5.74, 6) is 0. The molecule has 0 spiro atoms. The summed E-state index contributed by atoms with van der Waals surface area (Å²) in [5, 5.41) is 4.47. The van der Waals surface area contributed by atoms with Crippen molar-refractivity contribution in [3.63, 3.8) is 0 Å². The number of nitrogens with two attached hydrogens (primary N) is 1. The minimum atomic E-state index is 0.470. The number of aromatic nitrogens is 2. The Bertz CT molecular complexity index is 318. The Labute approximate surface area is 84.7 Å². The highest BCUT2D eigenvalue weighted by Gasteiger charge is 2.26. The zero-order chi connectivity index (χ0) is 10.1. The monoisotopic (exact) mass is 194 g/mol. The fraction of sp³-hybridized carbons (Fsp3) is 0.700. The van der Waals surface area contributed by atoms with Crippen molar-refractivity contribution in [2.24, 2.45) is 12.8 Å². The second kappa shape index (κ2) is 3.71. The first-order valence-electron chi connectivity index (χ1n) is 5.15. The molecule has 4 heteroatoms. The van der Waals surface area contributed by atoms with Gasteiger partial charge in [-0.05, 0) is 20.0 Å². The lowest BCUT2D eigenvalue weighted by Gasteiger charge is -2.31. The second-order valence-electron chi connectivity index (χ2n) is 4.03. The Kier molecular flexibility index (Phi) is 2.56. The molecule has 2 rings (SSSR count). The van der Waals surface area contributed by atoms with Gasteiger partial charge in [-0.1, -0.05) is 0 Å². The Morgan fingerprint density at radius 3 is 3.07 bits per heavy atom. The van der Waals surface area contributed by atoms with Crippen LogP contribution in [-0.4, -0.2) is 34.8 Å². The first-order chi connectivity index (χ1) is 6.72. The predicted molar refractivity (Wildman–Crippen MR) is 56.0 cm³/mol. The standard InChI is InChI=1S/C10H18N4/c1-13-6-4-9-8(7-14(2)12-9)10(13)3-5-11/h7,10H,3-6,11H2,1-2H3. The number of hydrogen-bond donors (Lipinski definition) is 1. The van der Waals surface area contributed by atoms with Crippen LogP contribution < -0.4 is 5.73 Å². The Balaban J connectivity index is 2.30. The summed E-state index contributed by atoms with van der Waals surface area (Å²) in [6.45, 7) is 1.83. The van der Waals surface area contributed by atoms with E-state index in [1.165, 1.54) is 11.3 Å². The van der Waals surface area contributed by atoms with Crippen LogP contribution in [0.3, 0.4) is 0 Å². The van der Waals surface area contributed by atoms with Crippen molar-refractivity contribution in [3.05, 3.63) is 17.5 Å². The zero-order valence-corrected chi connectivity index (χ0v) is 8.90. The summed E-state index contributed by atoms with van der Waals surface area (Å²) in [6, 6.07) is 0.470. The van der Waals surface area contributed by atoms with Crippen molar-refractivity contribution >= 4 is 0 Å². The molecular weight excluding hydrogens is 176 g/mol. The number of aryl methyl sites for hydroxylation is 1. The van der Waals surface area contributed by atoms with Crippen LogP contribution in [-0.2, 0) is 13.5 Å². The minimum absolute atomic E-state index is 0.470. The average Bonchev–Trinajstić information content (AvgIpc) is 2.51. The molecule has 14 heavy (non-hydrogen) atoms. The normalized spacial score (nSPS) is 22.4. The minimum Gasteiger partial charge on any atom is -0.330 e. The molecule has 0 amide bonds. The third kappa shape index (κ3) is 1.55. The van der Waals surface area contributed by atoms with E-state index in [4.69, 9.17) is 5.73 Å². The molecular formula is C10H18N4. The molecule has 0 saturated heterocycles. The maximum Gasteiger partial charge on any atom is 0.0685 e. The molecule has 78 valence electrons. The van der Waals surface area contributed by atoms with Crippen LogP contribution in [0.25, 0.3) is 0 Å².